The largest absolute Gasteiger partial charge is 0.465 e. The van der Waals surface area contributed by atoms with Crippen LogP contribution in [-0.4, -0.2) is 44.9 Å². The van der Waals surface area contributed by atoms with E-state index in [0.29, 0.717) is 11.5 Å². The van der Waals surface area contributed by atoms with Crippen molar-refractivity contribution in [3.8, 4) is 0 Å². The number of rotatable bonds is 4. The molecule has 118 valence electrons. The molecule has 0 bridgehead atoms. The van der Waals surface area contributed by atoms with Gasteiger partial charge in [0.25, 0.3) is 0 Å². The summed E-state index contributed by atoms with van der Waals surface area (Å²) in [6.07, 6.45) is 1.92. The van der Waals surface area contributed by atoms with Gasteiger partial charge in [0, 0.05) is 37.9 Å². The molecule has 0 spiro atoms. The third-order valence-electron chi connectivity index (χ3n) is 3.19. The second-order valence-corrected chi connectivity index (χ2v) is 4.99. The number of nitrogens with zero attached hydrogens (tertiary/aromatic N) is 5. The summed E-state index contributed by atoms with van der Waals surface area (Å²) in [5, 5.41) is 21.9. The summed E-state index contributed by atoms with van der Waals surface area (Å²) in [5.74, 6) is 0.594. The van der Waals surface area contributed by atoms with Crippen LogP contribution in [0.25, 0.3) is 5.65 Å². The molecule has 0 saturated carbocycles. The standard InChI is InChI=1S/C14H15N7O2/c1-20(2)10-5-3-9(4-6-10)16-11-12-18-19-13(17-14(22)23)21(12)8-7-15-11/h3-8H,1-2H3,(H,15,16)(H,17,19)(H,22,23). The highest BCUT2D eigenvalue weighted by atomic mass is 16.4. The lowest BCUT2D eigenvalue weighted by Gasteiger charge is -2.13. The van der Waals surface area contributed by atoms with Crippen molar-refractivity contribution < 1.29 is 9.90 Å². The molecule has 0 aliphatic heterocycles. The van der Waals surface area contributed by atoms with Gasteiger partial charge in [0.05, 0.1) is 0 Å². The maximum Gasteiger partial charge on any atom is 0.411 e. The van der Waals surface area contributed by atoms with E-state index in [-0.39, 0.29) is 5.95 Å². The quantitative estimate of drug-likeness (QED) is 0.676. The summed E-state index contributed by atoms with van der Waals surface area (Å²) in [7, 11) is 3.94. The van der Waals surface area contributed by atoms with Gasteiger partial charge in [-0.25, -0.2) is 9.78 Å². The van der Waals surface area contributed by atoms with E-state index in [9.17, 15) is 4.79 Å². The first-order chi connectivity index (χ1) is 11.0. The topological polar surface area (TPSA) is 108 Å². The van der Waals surface area contributed by atoms with Crippen LogP contribution in [0, 0.1) is 0 Å². The summed E-state index contributed by atoms with van der Waals surface area (Å²) in [5.41, 5.74) is 2.34. The van der Waals surface area contributed by atoms with Gasteiger partial charge in [-0.3, -0.25) is 9.72 Å². The van der Waals surface area contributed by atoms with Crippen LogP contribution in [0.3, 0.4) is 0 Å². The van der Waals surface area contributed by atoms with E-state index < -0.39 is 6.09 Å². The molecule has 3 aromatic rings. The molecule has 2 aromatic heterocycles. The Morgan fingerprint density at radius 2 is 1.96 bits per heavy atom. The molecule has 0 atom stereocenters. The van der Waals surface area contributed by atoms with E-state index in [1.807, 2.05) is 43.3 Å². The highest BCUT2D eigenvalue weighted by molar-refractivity contribution is 5.81. The van der Waals surface area contributed by atoms with E-state index in [0.717, 1.165) is 11.4 Å². The number of aromatic nitrogens is 4. The zero-order chi connectivity index (χ0) is 16.4. The first kappa shape index (κ1) is 14.6. The number of fused-ring (bicyclic) bond motifs is 1. The van der Waals surface area contributed by atoms with E-state index in [1.54, 1.807) is 12.4 Å². The van der Waals surface area contributed by atoms with Crippen molar-refractivity contribution in [1.82, 2.24) is 19.6 Å². The lowest BCUT2D eigenvalue weighted by atomic mass is 10.2. The molecule has 0 aliphatic carbocycles. The van der Waals surface area contributed by atoms with Gasteiger partial charge in [-0.05, 0) is 24.3 Å². The molecule has 0 aliphatic rings. The Labute approximate surface area is 131 Å². The van der Waals surface area contributed by atoms with E-state index in [2.05, 4.69) is 25.8 Å². The average molecular weight is 313 g/mol. The molecular formula is C14H15N7O2. The Balaban J connectivity index is 1.91. The Hall–Kier alpha value is -3.36. The van der Waals surface area contributed by atoms with Crippen molar-refractivity contribution in [2.24, 2.45) is 0 Å². The molecule has 0 fully saturated rings. The first-order valence-electron chi connectivity index (χ1n) is 6.78. The van der Waals surface area contributed by atoms with Crippen molar-refractivity contribution in [2.75, 3.05) is 29.6 Å². The Bertz CT molecular complexity index is 842. The van der Waals surface area contributed by atoms with Gasteiger partial charge < -0.3 is 15.3 Å². The summed E-state index contributed by atoms with van der Waals surface area (Å²) in [4.78, 5) is 17.0. The van der Waals surface area contributed by atoms with Gasteiger partial charge >= 0.3 is 6.09 Å². The minimum atomic E-state index is -1.20. The van der Waals surface area contributed by atoms with Gasteiger partial charge in [0.1, 0.15) is 0 Å². The van der Waals surface area contributed by atoms with Crippen LogP contribution in [0.2, 0.25) is 0 Å². The number of anilines is 4. The zero-order valence-electron chi connectivity index (χ0n) is 12.6. The lowest BCUT2D eigenvalue weighted by Crippen LogP contribution is -2.10. The monoisotopic (exact) mass is 313 g/mol. The third-order valence-corrected chi connectivity index (χ3v) is 3.19. The molecule has 23 heavy (non-hydrogen) atoms. The van der Waals surface area contributed by atoms with Gasteiger partial charge in [-0.15, -0.1) is 10.2 Å². The molecule has 0 saturated heterocycles. The van der Waals surface area contributed by atoms with Crippen molar-refractivity contribution in [1.29, 1.82) is 0 Å². The van der Waals surface area contributed by atoms with Gasteiger partial charge in [-0.2, -0.15) is 0 Å². The van der Waals surface area contributed by atoms with Crippen LogP contribution in [0.1, 0.15) is 0 Å². The SMILES string of the molecule is CN(C)c1ccc(Nc2nccn3c(NC(=O)O)nnc23)cc1. The highest BCUT2D eigenvalue weighted by Crippen LogP contribution is 2.22. The highest BCUT2D eigenvalue weighted by Gasteiger charge is 2.12. The Kier molecular flexibility index (Phi) is 3.67. The smallest absolute Gasteiger partial charge is 0.411 e. The maximum absolute atomic E-state index is 10.7. The van der Waals surface area contributed by atoms with Crippen LogP contribution < -0.4 is 15.5 Å². The first-order valence-corrected chi connectivity index (χ1v) is 6.78. The molecular weight excluding hydrogens is 298 g/mol. The van der Waals surface area contributed by atoms with Gasteiger partial charge in [-0.1, -0.05) is 0 Å². The van der Waals surface area contributed by atoms with Gasteiger partial charge in [0.2, 0.25) is 11.6 Å². The lowest BCUT2D eigenvalue weighted by molar-refractivity contribution is 0.209. The van der Waals surface area contributed by atoms with E-state index in [4.69, 9.17) is 5.11 Å². The molecule has 1 aromatic carbocycles. The molecule has 1 amide bonds. The van der Waals surface area contributed by atoms with Crippen molar-refractivity contribution >= 4 is 34.9 Å². The number of benzene rings is 1. The number of amides is 1. The minimum Gasteiger partial charge on any atom is -0.465 e. The fourth-order valence-electron chi connectivity index (χ4n) is 2.07. The number of hydrogen-bond acceptors (Lipinski definition) is 6. The second-order valence-electron chi connectivity index (χ2n) is 4.99. The maximum atomic E-state index is 10.7. The predicted molar refractivity (Wildman–Crippen MR) is 86.5 cm³/mol. The predicted octanol–water partition coefficient (Wildman–Crippen LogP) is 2.02. The second kappa shape index (κ2) is 5.79. The van der Waals surface area contributed by atoms with Crippen molar-refractivity contribution in [3.63, 3.8) is 0 Å². The fraction of sp³-hybridized carbons (Fsp3) is 0.143. The van der Waals surface area contributed by atoms with Crippen LogP contribution in [0.4, 0.5) is 27.9 Å². The van der Waals surface area contributed by atoms with E-state index in [1.165, 1.54) is 4.40 Å². The molecule has 2 heterocycles. The van der Waals surface area contributed by atoms with Crippen LogP contribution in [0.5, 0.6) is 0 Å². The third kappa shape index (κ3) is 2.98. The van der Waals surface area contributed by atoms with Crippen LogP contribution >= 0.6 is 0 Å². The molecule has 3 N–H and O–H groups in total. The molecule has 0 radical (unpaired) electrons. The fourth-order valence-corrected chi connectivity index (χ4v) is 2.07. The van der Waals surface area contributed by atoms with Crippen LogP contribution in [-0.2, 0) is 0 Å². The summed E-state index contributed by atoms with van der Waals surface area (Å²) < 4.78 is 1.51. The normalized spacial score (nSPS) is 10.5. The van der Waals surface area contributed by atoms with Crippen molar-refractivity contribution in [2.45, 2.75) is 0 Å². The van der Waals surface area contributed by atoms with E-state index >= 15 is 0 Å². The molecule has 9 heteroatoms. The number of hydrogen-bond donors (Lipinski definition) is 3. The molecule has 3 rings (SSSR count). The number of nitrogens with one attached hydrogen (secondary N) is 2. The number of carbonyl (C=O) groups is 1. The molecule has 0 unspecified atom stereocenters. The zero-order valence-corrected chi connectivity index (χ0v) is 12.6. The number of carboxylic acid groups (broad SMARTS) is 1. The minimum absolute atomic E-state index is 0.112. The van der Waals surface area contributed by atoms with Crippen LogP contribution in [0.15, 0.2) is 36.7 Å². The van der Waals surface area contributed by atoms with Gasteiger partial charge in [0.15, 0.2) is 5.82 Å². The summed E-state index contributed by atoms with van der Waals surface area (Å²) >= 11 is 0. The summed E-state index contributed by atoms with van der Waals surface area (Å²) in [6, 6.07) is 7.80. The Morgan fingerprint density at radius 1 is 1.22 bits per heavy atom. The summed E-state index contributed by atoms with van der Waals surface area (Å²) in [6.45, 7) is 0. The average Bonchev–Trinajstić information content (AvgIpc) is 2.91. The Morgan fingerprint density at radius 3 is 2.61 bits per heavy atom. The van der Waals surface area contributed by atoms with Crippen molar-refractivity contribution in [3.05, 3.63) is 36.7 Å². The molecule has 9 nitrogen and oxygen atoms in total.